The molecule has 0 saturated heterocycles. The molecule has 1 amide bonds. The molecule has 0 fully saturated rings. The monoisotopic (exact) mass is 291 g/mol. The van der Waals surface area contributed by atoms with Crippen molar-refractivity contribution >= 4 is 48.8 Å². The van der Waals surface area contributed by atoms with E-state index in [1.165, 1.54) is 0 Å². The Morgan fingerprint density at radius 1 is 1.30 bits per heavy atom. The number of hydrogen-bond donors (Lipinski definition) is 0. The molecule has 0 aromatic heterocycles. The molecule has 0 aliphatic carbocycles. The Labute approximate surface area is 82.2 Å². The van der Waals surface area contributed by atoms with Crippen molar-refractivity contribution in [2.24, 2.45) is 0 Å². The van der Waals surface area contributed by atoms with Crippen molar-refractivity contribution in [3.05, 3.63) is 0 Å². The summed E-state index contributed by atoms with van der Waals surface area (Å²) in [6.07, 6.45) is 0. The van der Waals surface area contributed by atoms with Crippen molar-refractivity contribution in [1.29, 1.82) is 0 Å². The van der Waals surface area contributed by atoms with Gasteiger partial charge in [0, 0.05) is 23.7 Å². The van der Waals surface area contributed by atoms with Crippen LogP contribution >= 0.6 is 43.5 Å². The molecule has 5 heteroatoms. The number of alkyl halides is 2. The molecule has 0 unspecified atom stereocenters. The van der Waals surface area contributed by atoms with Gasteiger partial charge in [0.25, 0.3) is 0 Å². The van der Waals surface area contributed by atoms with Crippen molar-refractivity contribution in [1.82, 2.24) is 4.90 Å². The summed E-state index contributed by atoms with van der Waals surface area (Å²) >= 11 is 11.7. The van der Waals surface area contributed by atoms with Crippen LogP contribution in [0.1, 0.15) is 0 Å². The summed E-state index contributed by atoms with van der Waals surface area (Å²) in [5, 5.41) is 1.13. The fraction of sp³-hybridized carbons (Fsp3) is 0.800. The molecule has 0 N–H and O–H groups in total. The average Bonchev–Trinajstić information content (AvgIpc) is 1.87. The van der Waals surface area contributed by atoms with Crippen molar-refractivity contribution < 1.29 is 4.79 Å². The third kappa shape index (κ3) is 4.52. The van der Waals surface area contributed by atoms with Crippen LogP contribution in [-0.2, 0) is 0 Å². The quantitative estimate of drug-likeness (QED) is 0.443. The molecule has 60 valence electrons. The molecular weight excluding hydrogens is 285 g/mol. The van der Waals surface area contributed by atoms with Crippen LogP contribution in [-0.4, -0.2) is 34.0 Å². The Bertz CT molecular complexity index is 106. The largest absolute Gasteiger partial charge is 0.328 e. The molecule has 0 heterocycles. The van der Waals surface area contributed by atoms with Crippen LogP contribution in [0, 0.1) is 0 Å². The summed E-state index contributed by atoms with van der Waals surface area (Å²) in [4.78, 5) is 12.1. The molecule has 0 aliphatic rings. The van der Waals surface area contributed by atoms with E-state index in [2.05, 4.69) is 31.9 Å². The molecule has 10 heavy (non-hydrogen) atoms. The summed E-state index contributed by atoms with van der Waals surface area (Å²) in [6.45, 7) is 1.32. The first kappa shape index (κ1) is 10.7. The van der Waals surface area contributed by atoms with Gasteiger partial charge >= 0.3 is 5.37 Å². The van der Waals surface area contributed by atoms with Gasteiger partial charge in [-0.3, -0.25) is 4.79 Å². The SMILES string of the molecule is O=C(Cl)N(CCBr)CCBr. The average molecular weight is 293 g/mol. The standard InChI is InChI=1S/C5H8Br2ClNO/c6-1-3-9(4-2-7)5(8)10/h1-4H2. The zero-order valence-corrected chi connectivity index (χ0v) is 9.25. The maximum atomic E-state index is 10.6. The Morgan fingerprint density at radius 3 is 1.90 bits per heavy atom. The Morgan fingerprint density at radius 2 is 1.70 bits per heavy atom. The lowest BCUT2D eigenvalue weighted by Crippen LogP contribution is -2.29. The number of carbonyl (C=O) groups is 1. The minimum absolute atomic E-state index is 0.390. The highest BCUT2D eigenvalue weighted by atomic mass is 79.9. The van der Waals surface area contributed by atoms with Crippen LogP contribution in [0.3, 0.4) is 0 Å². The van der Waals surface area contributed by atoms with Gasteiger partial charge in [-0.2, -0.15) is 0 Å². The van der Waals surface area contributed by atoms with Gasteiger partial charge < -0.3 is 4.90 Å². The third-order valence-corrected chi connectivity index (χ3v) is 1.91. The number of amides is 1. The summed E-state index contributed by atoms with van der Waals surface area (Å²) < 4.78 is 0. The van der Waals surface area contributed by atoms with Crippen molar-refractivity contribution in [2.45, 2.75) is 0 Å². The van der Waals surface area contributed by atoms with E-state index in [0.29, 0.717) is 13.1 Å². The molecule has 0 spiro atoms. The van der Waals surface area contributed by atoms with E-state index < -0.39 is 0 Å². The van der Waals surface area contributed by atoms with Crippen molar-refractivity contribution in [3.63, 3.8) is 0 Å². The van der Waals surface area contributed by atoms with Crippen LogP contribution in [0.25, 0.3) is 0 Å². The Balaban J connectivity index is 3.61. The van der Waals surface area contributed by atoms with E-state index >= 15 is 0 Å². The van der Waals surface area contributed by atoms with Crippen LogP contribution in [0.5, 0.6) is 0 Å². The van der Waals surface area contributed by atoms with Gasteiger partial charge in [-0.1, -0.05) is 31.9 Å². The molecule has 0 aromatic rings. The summed E-state index contributed by atoms with van der Waals surface area (Å²) in [6, 6.07) is 0. The molecule has 2 nitrogen and oxygen atoms in total. The van der Waals surface area contributed by atoms with Gasteiger partial charge in [-0.15, -0.1) is 0 Å². The van der Waals surface area contributed by atoms with E-state index in [0.717, 1.165) is 10.7 Å². The van der Waals surface area contributed by atoms with Gasteiger partial charge in [0.05, 0.1) is 0 Å². The first-order valence-electron chi connectivity index (χ1n) is 2.78. The number of halogens is 3. The fourth-order valence-corrected chi connectivity index (χ4v) is 1.52. The smallest absolute Gasteiger partial charge is 0.316 e. The number of rotatable bonds is 4. The van der Waals surface area contributed by atoms with Gasteiger partial charge in [-0.05, 0) is 11.6 Å². The zero-order chi connectivity index (χ0) is 7.98. The maximum Gasteiger partial charge on any atom is 0.316 e. The Kier molecular flexibility index (Phi) is 6.89. The van der Waals surface area contributed by atoms with E-state index in [9.17, 15) is 4.79 Å². The molecular formula is C5H8Br2ClNO. The van der Waals surface area contributed by atoms with E-state index in [-0.39, 0.29) is 5.37 Å². The minimum Gasteiger partial charge on any atom is -0.328 e. The van der Waals surface area contributed by atoms with Crippen LogP contribution in [0.2, 0.25) is 0 Å². The second-order valence-electron chi connectivity index (χ2n) is 1.62. The first-order chi connectivity index (χ1) is 4.72. The molecule has 0 rings (SSSR count). The molecule has 0 aromatic carbocycles. The van der Waals surface area contributed by atoms with E-state index in [4.69, 9.17) is 11.6 Å². The third-order valence-electron chi connectivity index (χ3n) is 0.957. The molecule has 0 atom stereocenters. The zero-order valence-electron chi connectivity index (χ0n) is 5.32. The van der Waals surface area contributed by atoms with Crippen LogP contribution < -0.4 is 0 Å². The van der Waals surface area contributed by atoms with Gasteiger partial charge in [0.1, 0.15) is 0 Å². The lowest BCUT2D eigenvalue weighted by Gasteiger charge is -2.15. The molecule has 0 bridgehead atoms. The number of nitrogens with zero attached hydrogens (tertiary/aromatic N) is 1. The minimum atomic E-state index is -0.390. The highest BCUT2D eigenvalue weighted by Gasteiger charge is 2.07. The normalized spacial score (nSPS) is 9.50. The molecule has 0 saturated carbocycles. The first-order valence-corrected chi connectivity index (χ1v) is 5.40. The lowest BCUT2D eigenvalue weighted by molar-refractivity contribution is 0.228. The van der Waals surface area contributed by atoms with Gasteiger partial charge in [0.2, 0.25) is 0 Å². The fourth-order valence-electron chi connectivity index (χ4n) is 0.492. The number of carbonyl (C=O) groups excluding carboxylic acids is 1. The van der Waals surface area contributed by atoms with Crippen molar-refractivity contribution in [2.75, 3.05) is 23.7 Å². The topological polar surface area (TPSA) is 20.3 Å². The second kappa shape index (κ2) is 6.43. The van der Waals surface area contributed by atoms with Crippen molar-refractivity contribution in [3.8, 4) is 0 Å². The summed E-state index contributed by atoms with van der Waals surface area (Å²) in [5.74, 6) is 0. The molecule has 0 radical (unpaired) electrons. The Hall–Kier alpha value is 0.720. The summed E-state index contributed by atoms with van der Waals surface area (Å²) in [5.41, 5.74) is 0. The van der Waals surface area contributed by atoms with Gasteiger partial charge in [0.15, 0.2) is 0 Å². The van der Waals surface area contributed by atoms with Gasteiger partial charge in [-0.25, -0.2) is 0 Å². The predicted octanol–water partition coefficient (Wildman–Crippen LogP) is 2.44. The number of hydrogen-bond acceptors (Lipinski definition) is 1. The molecule has 0 aliphatic heterocycles. The van der Waals surface area contributed by atoms with E-state index in [1.54, 1.807) is 4.90 Å². The lowest BCUT2D eigenvalue weighted by atomic mass is 10.6. The predicted molar refractivity (Wildman–Crippen MR) is 50.4 cm³/mol. The maximum absolute atomic E-state index is 10.6. The van der Waals surface area contributed by atoms with Crippen LogP contribution in [0.15, 0.2) is 0 Å². The van der Waals surface area contributed by atoms with Crippen LogP contribution in [0.4, 0.5) is 4.79 Å². The van der Waals surface area contributed by atoms with E-state index in [1.807, 2.05) is 0 Å². The highest BCUT2D eigenvalue weighted by Crippen LogP contribution is 1.98. The highest BCUT2D eigenvalue weighted by molar-refractivity contribution is 9.09. The summed E-state index contributed by atoms with van der Waals surface area (Å²) in [7, 11) is 0. The second-order valence-corrected chi connectivity index (χ2v) is 3.53.